The van der Waals surface area contributed by atoms with Crippen LogP contribution in [-0.4, -0.2) is 23.8 Å². The van der Waals surface area contributed by atoms with Gasteiger partial charge < -0.3 is 9.84 Å². The summed E-state index contributed by atoms with van der Waals surface area (Å²) in [5, 5.41) is 9.62. The maximum atomic E-state index is 11.5. The molecule has 0 radical (unpaired) electrons. The van der Waals surface area contributed by atoms with E-state index >= 15 is 0 Å². The predicted molar refractivity (Wildman–Crippen MR) is 79.1 cm³/mol. The molecule has 3 heteroatoms. The molecule has 0 fully saturated rings. The van der Waals surface area contributed by atoms with Crippen LogP contribution in [0.1, 0.15) is 84.5 Å². The second-order valence-electron chi connectivity index (χ2n) is 5.30. The van der Waals surface area contributed by atoms with E-state index in [1.807, 2.05) is 0 Å². The zero-order valence-electron chi connectivity index (χ0n) is 12.8. The van der Waals surface area contributed by atoms with E-state index in [0.29, 0.717) is 13.0 Å². The molecular formula is C16H32O3. The van der Waals surface area contributed by atoms with Crippen molar-refractivity contribution in [1.29, 1.82) is 0 Å². The van der Waals surface area contributed by atoms with Crippen LogP contribution in [0, 0.1) is 0 Å². The molecule has 1 unspecified atom stereocenters. The number of hydrogen-bond acceptors (Lipinski definition) is 3. The lowest BCUT2D eigenvalue weighted by molar-refractivity contribution is -0.154. The van der Waals surface area contributed by atoms with E-state index in [0.717, 1.165) is 25.7 Å². The molecule has 0 spiro atoms. The summed E-state index contributed by atoms with van der Waals surface area (Å²) in [6.45, 7) is 4.80. The van der Waals surface area contributed by atoms with Crippen molar-refractivity contribution in [2.45, 2.75) is 90.6 Å². The minimum Gasteiger partial charge on any atom is -0.464 e. The zero-order valence-corrected chi connectivity index (χ0v) is 12.8. The van der Waals surface area contributed by atoms with Crippen LogP contribution >= 0.6 is 0 Å². The summed E-state index contributed by atoms with van der Waals surface area (Å²) in [7, 11) is 0. The third kappa shape index (κ3) is 12.2. The van der Waals surface area contributed by atoms with Gasteiger partial charge in [-0.25, -0.2) is 4.79 Å². The van der Waals surface area contributed by atoms with E-state index in [1.165, 1.54) is 38.5 Å². The Bertz CT molecular complexity index is 204. The van der Waals surface area contributed by atoms with Gasteiger partial charge in [0.1, 0.15) is 0 Å². The minimum absolute atomic E-state index is 0.440. The Morgan fingerprint density at radius 3 is 2.05 bits per heavy atom. The van der Waals surface area contributed by atoms with Crippen LogP contribution in [0.2, 0.25) is 0 Å². The first-order chi connectivity index (χ1) is 9.22. The summed E-state index contributed by atoms with van der Waals surface area (Å²) in [5.41, 5.74) is 0. The standard InChI is InChI=1S/C16H32O3/c1-3-5-7-9-10-12-14-19-16(18)15(17)13-11-8-6-4-2/h15,17H,3-14H2,1-2H3. The summed E-state index contributed by atoms with van der Waals surface area (Å²) >= 11 is 0. The molecule has 0 heterocycles. The number of rotatable bonds is 13. The quantitative estimate of drug-likeness (QED) is 0.403. The van der Waals surface area contributed by atoms with Crippen LogP contribution in [0.25, 0.3) is 0 Å². The highest BCUT2D eigenvalue weighted by Crippen LogP contribution is 2.08. The molecule has 0 aromatic carbocycles. The summed E-state index contributed by atoms with van der Waals surface area (Å²) < 4.78 is 5.08. The fourth-order valence-corrected chi connectivity index (χ4v) is 2.03. The van der Waals surface area contributed by atoms with Crippen molar-refractivity contribution in [2.75, 3.05) is 6.61 Å². The van der Waals surface area contributed by atoms with E-state index in [2.05, 4.69) is 13.8 Å². The molecular weight excluding hydrogens is 240 g/mol. The summed E-state index contributed by atoms with van der Waals surface area (Å²) in [6.07, 6.45) is 11.0. The Morgan fingerprint density at radius 2 is 1.42 bits per heavy atom. The van der Waals surface area contributed by atoms with Crippen molar-refractivity contribution in [2.24, 2.45) is 0 Å². The fourth-order valence-electron chi connectivity index (χ4n) is 2.03. The molecule has 0 saturated heterocycles. The lowest BCUT2D eigenvalue weighted by atomic mass is 10.1. The molecule has 3 nitrogen and oxygen atoms in total. The third-order valence-electron chi connectivity index (χ3n) is 3.35. The highest BCUT2D eigenvalue weighted by Gasteiger charge is 2.15. The highest BCUT2D eigenvalue weighted by molar-refractivity contribution is 5.74. The van der Waals surface area contributed by atoms with Crippen molar-refractivity contribution >= 4 is 5.97 Å². The van der Waals surface area contributed by atoms with E-state index < -0.39 is 12.1 Å². The molecule has 0 bridgehead atoms. The topological polar surface area (TPSA) is 46.5 Å². The van der Waals surface area contributed by atoms with E-state index in [9.17, 15) is 9.90 Å². The van der Waals surface area contributed by atoms with Gasteiger partial charge in [0.25, 0.3) is 0 Å². The van der Waals surface area contributed by atoms with Crippen LogP contribution in [0.15, 0.2) is 0 Å². The van der Waals surface area contributed by atoms with Gasteiger partial charge in [-0.05, 0) is 12.8 Å². The first-order valence-corrected chi connectivity index (χ1v) is 8.07. The number of ether oxygens (including phenoxy) is 1. The van der Waals surface area contributed by atoms with Crippen molar-refractivity contribution in [3.05, 3.63) is 0 Å². The lowest BCUT2D eigenvalue weighted by Gasteiger charge is -2.10. The molecule has 0 aromatic rings. The first kappa shape index (κ1) is 18.4. The molecule has 114 valence electrons. The fraction of sp³-hybridized carbons (Fsp3) is 0.938. The Labute approximate surface area is 118 Å². The molecule has 0 aliphatic rings. The average Bonchev–Trinajstić information content (AvgIpc) is 2.42. The molecule has 0 amide bonds. The van der Waals surface area contributed by atoms with Gasteiger partial charge in [-0.2, -0.15) is 0 Å². The molecule has 0 saturated carbocycles. The molecule has 0 rings (SSSR count). The third-order valence-corrected chi connectivity index (χ3v) is 3.35. The lowest BCUT2D eigenvalue weighted by Crippen LogP contribution is -2.23. The number of esters is 1. The number of aliphatic hydroxyl groups excluding tert-OH is 1. The van der Waals surface area contributed by atoms with Crippen molar-refractivity contribution < 1.29 is 14.6 Å². The van der Waals surface area contributed by atoms with E-state index in [-0.39, 0.29) is 0 Å². The molecule has 19 heavy (non-hydrogen) atoms. The van der Waals surface area contributed by atoms with E-state index in [1.54, 1.807) is 0 Å². The van der Waals surface area contributed by atoms with Crippen LogP contribution in [0.4, 0.5) is 0 Å². The van der Waals surface area contributed by atoms with Crippen LogP contribution in [0.3, 0.4) is 0 Å². The van der Waals surface area contributed by atoms with Gasteiger partial charge in [0, 0.05) is 0 Å². The molecule has 0 aliphatic heterocycles. The van der Waals surface area contributed by atoms with Crippen molar-refractivity contribution in [3.63, 3.8) is 0 Å². The van der Waals surface area contributed by atoms with E-state index in [4.69, 9.17) is 4.74 Å². The largest absolute Gasteiger partial charge is 0.464 e. The number of hydrogen-bond donors (Lipinski definition) is 1. The molecule has 0 aromatic heterocycles. The van der Waals surface area contributed by atoms with Crippen LogP contribution in [-0.2, 0) is 9.53 Å². The Balaban J connectivity index is 3.36. The monoisotopic (exact) mass is 272 g/mol. The second kappa shape index (κ2) is 13.9. The van der Waals surface area contributed by atoms with Crippen LogP contribution in [0.5, 0.6) is 0 Å². The van der Waals surface area contributed by atoms with Gasteiger partial charge in [0.2, 0.25) is 0 Å². The number of carbonyl (C=O) groups is 1. The van der Waals surface area contributed by atoms with Gasteiger partial charge in [0.05, 0.1) is 6.61 Å². The molecule has 0 aliphatic carbocycles. The molecule has 1 atom stereocenters. The summed E-state index contributed by atoms with van der Waals surface area (Å²) in [6, 6.07) is 0. The number of unbranched alkanes of at least 4 members (excludes halogenated alkanes) is 8. The number of aliphatic hydroxyl groups is 1. The number of carbonyl (C=O) groups excluding carboxylic acids is 1. The highest BCUT2D eigenvalue weighted by atomic mass is 16.5. The normalized spacial score (nSPS) is 12.4. The minimum atomic E-state index is -0.919. The SMILES string of the molecule is CCCCCCCCOC(=O)C(O)CCCCCC. The van der Waals surface area contributed by atoms with Gasteiger partial charge >= 0.3 is 5.97 Å². The maximum Gasteiger partial charge on any atom is 0.334 e. The first-order valence-electron chi connectivity index (χ1n) is 8.07. The maximum absolute atomic E-state index is 11.5. The van der Waals surface area contributed by atoms with Gasteiger partial charge in [-0.15, -0.1) is 0 Å². The van der Waals surface area contributed by atoms with Crippen LogP contribution < -0.4 is 0 Å². The van der Waals surface area contributed by atoms with Gasteiger partial charge in [0.15, 0.2) is 6.10 Å². The van der Waals surface area contributed by atoms with Gasteiger partial charge in [-0.1, -0.05) is 71.6 Å². The zero-order chi connectivity index (χ0) is 14.3. The Morgan fingerprint density at radius 1 is 0.895 bits per heavy atom. The van der Waals surface area contributed by atoms with Gasteiger partial charge in [-0.3, -0.25) is 0 Å². The van der Waals surface area contributed by atoms with Crippen molar-refractivity contribution in [3.8, 4) is 0 Å². The second-order valence-corrected chi connectivity index (χ2v) is 5.30. The Hall–Kier alpha value is -0.570. The Kier molecular flexibility index (Phi) is 13.4. The summed E-state index contributed by atoms with van der Waals surface area (Å²) in [4.78, 5) is 11.5. The average molecular weight is 272 g/mol. The smallest absolute Gasteiger partial charge is 0.334 e. The molecule has 1 N–H and O–H groups in total. The predicted octanol–water partition coefficient (Wildman–Crippen LogP) is 4.22. The van der Waals surface area contributed by atoms with Crippen molar-refractivity contribution in [1.82, 2.24) is 0 Å². The summed E-state index contributed by atoms with van der Waals surface area (Å²) in [5.74, 6) is -0.440.